The molecule has 0 N–H and O–H groups in total. The third-order valence-corrected chi connectivity index (χ3v) is 6.89. The van der Waals surface area contributed by atoms with Crippen molar-refractivity contribution in [1.29, 1.82) is 0 Å². The Morgan fingerprint density at radius 3 is 2.46 bits per heavy atom. The maximum Gasteiger partial charge on any atom is 0.0638 e. The molecule has 2 aromatic rings. The zero-order valence-electron chi connectivity index (χ0n) is 16.1. The van der Waals surface area contributed by atoms with Gasteiger partial charge in [-0.15, -0.1) is 0 Å². The molecule has 3 aliphatic heterocycles. The van der Waals surface area contributed by atoms with E-state index in [2.05, 4.69) is 52.3 Å². The van der Waals surface area contributed by atoms with Gasteiger partial charge in [0.2, 0.25) is 0 Å². The van der Waals surface area contributed by atoms with Crippen LogP contribution in [0.3, 0.4) is 0 Å². The molecule has 138 valence electrons. The van der Waals surface area contributed by atoms with Crippen LogP contribution in [0.4, 0.5) is 0 Å². The second-order valence-corrected chi connectivity index (χ2v) is 8.72. The van der Waals surface area contributed by atoms with E-state index in [-0.39, 0.29) is 0 Å². The zero-order valence-corrected chi connectivity index (χ0v) is 16.1. The van der Waals surface area contributed by atoms with E-state index in [1.807, 2.05) is 11.7 Å². The molecule has 1 aromatic carbocycles. The molecular weight excluding hydrogens is 320 g/mol. The lowest BCUT2D eigenvalue weighted by Gasteiger charge is -2.36. The SMILES string of the molecule is Cc1nn(C)cc1CN1C[C@H]2CC[C@@H]1CN(C1Cc3ccccc3C1)C2. The number of aromatic nitrogens is 2. The van der Waals surface area contributed by atoms with Crippen LogP contribution in [0.1, 0.15) is 35.2 Å². The van der Waals surface area contributed by atoms with E-state index in [9.17, 15) is 0 Å². The summed E-state index contributed by atoms with van der Waals surface area (Å²) >= 11 is 0. The van der Waals surface area contributed by atoms with Crippen molar-refractivity contribution in [3.05, 3.63) is 52.8 Å². The number of aryl methyl sites for hydroxylation is 2. The number of fused-ring (bicyclic) bond motifs is 5. The Hall–Kier alpha value is -1.65. The molecular formula is C22H30N4. The largest absolute Gasteiger partial charge is 0.298 e. The fourth-order valence-electron chi connectivity index (χ4n) is 5.52. The van der Waals surface area contributed by atoms with Crippen molar-refractivity contribution in [2.24, 2.45) is 13.0 Å². The maximum absolute atomic E-state index is 4.54. The van der Waals surface area contributed by atoms with Crippen molar-refractivity contribution in [2.45, 2.75) is 51.2 Å². The smallest absolute Gasteiger partial charge is 0.0638 e. The number of hydrogen-bond donors (Lipinski definition) is 0. The van der Waals surface area contributed by atoms with Crippen molar-refractivity contribution in [3.8, 4) is 0 Å². The van der Waals surface area contributed by atoms with E-state index >= 15 is 0 Å². The number of benzene rings is 1. The minimum atomic E-state index is 0.706. The number of rotatable bonds is 3. The molecule has 0 saturated carbocycles. The molecule has 4 nitrogen and oxygen atoms in total. The molecule has 4 aliphatic rings. The third kappa shape index (κ3) is 2.99. The van der Waals surface area contributed by atoms with Gasteiger partial charge in [0.1, 0.15) is 0 Å². The van der Waals surface area contributed by atoms with Gasteiger partial charge in [-0.1, -0.05) is 24.3 Å². The van der Waals surface area contributed by atoms with E-state index < -0.39 is 0 Å². The first-order chi connectivity index (χ1) is 12.7. The summed E-state index contributed by atoms with van der Waals surface area (Å²) in [6.45, 7) is 7.01. The van der Waals surface area contributed by atoms with Crippen LogP contribution >= 0.6 is 0 Å². The summed E-state index contributed by atoms with van der Waals surface area (Å²) in [4.78, 5) is 5.58. The highest BCUT2D eigenvalue weighted by Crippen LogP contribution is 2.33. The normalized spacial score (nSPS) is 27.0. The van der Waals surface area contributed by atoms with Crippen LogP contribution in [0, 0.1) is 12.8 Å². The summed E-state index contributed by atoms with van der Waals surface area (Å²) in [6.07, 6.45) is 7.47. The molecule has 6 rings (SSSR count). The Balaban J connectivity index is 1.31. The van der Waals surface area contributed by atoms with Crippen LogP contribution in [0.15, 0.2) is 30.5 Å². The van der Waals surface area contributed by atoms with Gasteiger partial charge in [0.05, 0.1) is 5.69 Å². The van der Waals surface area contributed by atoms with Crippen LogP contribution in [0.2, 0.25) is 0 Å². The van der Waals surface area contributed by atoms with Crippen molar-refractivity contribution in [2.75, 3.05) is 19.6 Å². The standard InChI is InChI=1S/C22H30N4/c1-16-20(13-24(2)23-16)14-25-11-17-7-8-21(25)15-26(12-17)22-9-18-5-3-4-6-19(18)10-22/h3-6,13,17,21-22H,7-12,14-15H2,1-2H3/t17-,21-/m1/s1. The summed E-state index contributed by atoms with van der Waals surface area (Å²) in [5.41, 5.74) is 5.75. The van der Waals surface area contributed by atoms with E-state index in [1.165, 1.54) is 56.6 Å². The average molecular weight is 351 g/mol. The lowest BCUT2D eigenvalue weighted by atomic mass is 9.94. The summed E-state index contributed by atoms with van der Waals surface area (Å²) < 4.78 is 1.96. The van der Waals surface area contributed by atoms with Crippen molar-refractivity contribution in [1.82, 2.24) is 19.6 Å². The average Bonchev–Trinajstić information content (AvgIpc) is 3.06. The minimum absolute atomic E-state index is 0.706. The van der Waals surface area contributed by atoms with Gasteiger partial charge in [-0.05, 0) is 49.7 Å². The quantitative estimate of drug-likeness (QED) is 0.851. The molecule has 0 radical (unpaired) electrons. The first kappa shape index (κ1) is 16.5. The second kappa shape index (κ2) is 6.50. The van der Waals surface area contributed by atoms with Crippen molar-refractivity contribution >= 4 is 0 Å². The van der Waals surface area contributed by atoms with Gasteiger partial charge < -0.3 is 0 Å². The molecule has 2 atom stereocenters. The molecule has 0 unspecified atom stereocenters. The zero-order chi connectivity index (χ0) is 17.7. The predicted molar refractivity (Wildman–Crippen MR) is 104 cm³/mol. The van der Waals surface area contributed by atoms with Crippen LogP contribution in [-0.2, 0) is 26.4 Å². The molecule has 4 heteroatoms. The Bertz CT molecular complexity index is 770. The first-order valence-electron chi connectivity index (χ1n) is 10.2. The van der Waals surface area contributed by atoms with Gasteiger partial charge in [0.15, 0.2) is 0 Å². The summed E-state index contributed by atoms with van der Waals surface area (Å²) in [5, 5.41) is 4.54. The summed E-state index contributed by atoms with van der Waals surface area (Å²) in [7, 11) is 2.03. The highest BCUT2D eigenvalue weighted by atomic mass is 15.3. The van der Waals surface area contributed by atoms with Gasteiger partial charge in [-0.25, -0.2) is 0 Å². The summed E-state index contributed by atoms with van der Waals surface area (Å²) in [6, 6.07) is 10.5. The number of nitrogens with zero attached hydrogens (tertiary/aromatic N) is 4. The molecule has 1 aliphatic carbocycles. The molecule has 0 amide bonds. The Labute approximate surface area is 156 Å². The van der Waals surface area contributed by atoms with Crippen LogP contribution in [0.25, 0.3) is 0 Å². The number of hydrogen-bond acceptors (Lipinski definition) is 3. The topological polar surface area (TPSA) is 24.3 Å². The Morgan fingerprint density at radius 1 is 1.00 bits per heavy atom. The molecule has 0 spiro atoms. The molecule has 26 heavy (non-hydrogen) atoms. The van der Waals surface area contributed by atoms with Crippen molar-refractivity contribution < 1.29 is 0 Å². The Morgan fingerprint density at radius 2 is 1.77 bits per heavy atom. The van der Waals surface area contributed by atoms with Crippen LogP contribution in [0.5, 0.6) is 0 Å². The highest BCUT2D eigenvalue weighted by molar-refractivity contribution is 5.33. The minimum Gasteiger partial charge on any atom is -0.298 e. The van der Waals surface area contributed by atoms with Gasteiger partial charge in [0, 0.05) is 57.1 Å². The predicted octanol–water partition coefficient (Wildman–Crippen LogP) is 2.79. The van der Waals surface area contributed by atoms with Gasteiger partial charge in [0.25, 0.3) is 0 Å². The Kier molecular flexibility index (Phi) is 4.13. The van der Waals surface area contributed by atoms with Crippen LogP contribution in [-0.4, -0.2) is 51.3 Å². The van der Waals surface area contributed by atoms with E-state index in [0.29, 0.717) is 6.04 Å². The molecule has 2 bridgehead atoms. The van der Waals surface area contributed by atoms with E-state index in [1.54, 1.807) is 11.1 Å². The third-order valence-electron chi connectivity index (χ3n) is 6.89. The monoisotopic (exact) mass is 350 g/mol. The van der Waals surface area contributed by atoms with E-state index in [0.717, 1.165) is 18.5 Å². The maximum atomic E-state index is 4.54. The molecule has 3 saturated heterocycles. The van der Waals surface area contributed by atoms with E-state index in [4.69, 9.17) is 0 Å². The highest BCUT2D eigenvalue weighted by Gasteiger charge is 2.38. The first-order valence-corrected chi connectivity index (χ1v) is 10.2. The van der Waals surface area contributed by atoms with Gasteiger partial charge in [-0.3, -0.25) is 14.5 Å². The van der Waals surface area contributed by atoms with Crippen molar-refractivity contribution in [3.63, 3.8) is 0 Å². The fourth-order valence-corrected chi connectivity index (χ4v) is 5.52. The molecule has 1 aromatic heterocycles. The lowest BCUT2D eigenvalue weighted by Crippen LogP contribution is -2.44. The van der Waals surface area contributed by atoms with Gasteiger partial charge >= 0.3 is 0 Å². The fraction of sp³-hybridized carbons (Fsp3) is 0.591. The molecule has 4 heterocycles. The number of piperidine rings is 1. The molecule has 3 fully saturated rings. The van der Waals surface area contributed by atoms with Crippen LogP contribution < -0.4 is 0 Å². The summed E-state index contributed by atoms with van der Waals surface area (Å²) in [5.74, 6) is 0.828. The second-order valence-electron chi connectivity index (χ2n) is 8.72. The lowest BCUT2D eigenvalue weighted by molar-refractivity contribution is 0.120. The van der Waals surface area contributed by atoms with Gasteiger partial charge in [-0.2, -0.15) is 5.10 Å².